The average molecular weight is 374 g/mol. The van der Waals surface area contributed by atoms with Gasteiger partial charge >= 0.3 is 0 Å². The topological polar surface area (TPSA) is 79.7 Å². The standard InChI is InChI=1S/C18H22N4O3S/c1-21(2)16(15-6-4-5-7-17(15)25-3)12-19-18(26)20-13-8-10-14(11-9-13)22(23)24/h4-11,16H,12H2,1-3H3,(H2,19,20,26)/t16-/m1/s1. The number of benzene rings is 2. The van der Waals surface area contributed by atoms with Crippen LogP contribution in [0.3, 0.4) is 0 Å². The number of para-hydroxylation sites is 1. The van der Waals surface area contributed by atoms with Crippen LogP contribution < -0.4 is 15.4 Å². The number of anilines is 1. The van der Waals surface area contributed by atoms with Gasteiger partial charge in [-0.05, 0) is 44.5 Å². The van der Waals surface area contributed by atoms with Crippen LogP contribution in [0.25, 0.3) is 0 Å². The smallest absolute Gasteiger partial charge is 0.269 e. The van der Waals surface area contributed by atoms with Crippen molar-refractivity contribution < 1.29 is 9.66 Å². The Morgan fingerprint density at radius 2 is 1.88 bits per heavy atom. The summed E-state index contributed by atoms with van der Waals surface area (Å²) >= 11 is 5.33. The van der Waals surface area contributed by atoms with Crippen molar-refractivity contribution in [2.24, 2.45) is 0 Å². The van der Waals surface area contributed by atoms with Crippen LogP contribution >= 0.6 is 12.2 Å². The predicted octanol–water partition coefficient (Wildman–Crippen LogP) is 3.19. The van der Waals surface area contributed by atoms with Gasteiger partial charge in [0.2, 0.25) is 0 Å². The van der Waals surface area contributed by atoms with Crippen molar-refractivity contribution in [3.63, 3.8) is 0 Å². The van der Waals surface area contributed by atoms with Gasteiger partial charge in [0.15, 0.2) is 5.11 Å². The fourth-order valence-electron chi connectivity index (χ4n) is 2.54. The van der Waals surface area contributed by atoms with Crippen LogP contribution in [-0.2, 0) is 0 Å². The molecule has 0 unspecified atom stereocenters. The van der Waals surface area contributed by atoms with Gasteiger partial charge in [-0.3, -0.25) is 10.1 Å². The van der Waals surface area contributed by atoms with Gasteiger partial charge < -0.3 is 20.3 Å². The summed E-state index contributed by atoms with van der Waals surface area (Å²) < 4.78 is 5.45. The van der Waals surface area contributed by atoms with E-state index in [-0.39, 0.29) is 11.7 Å². The molecule has 0 aliphatic rings. The van der Waals surface area contributed by atoms with E-state index < -0.39 is 4.92 Å². The van der Waals surface area contributed by atoms with Crippen molar-refractivity contribution >= 4 is 28.7 Å². The molecule has 0 bridgehead atoms. The maximum Gasteiger partial charge on any atom is 0.269 e. The van der Waals surface area contributed by atoms with Crippen molar-refractivity contribution in [1.82, 2.24) is 10.2 Å². The molecule has 0 fully saturated rings. The lowest BCUT2D eigenvalue weighted by atomic mass is 10.0. The number of rotatable bonds is 7. The summed E-state index contributed by atoms with van der Waals surface area (Å²) in [5.41, 5.74) is 1.79. The molecule has 2 N–H and O–H groups in total. The fourth-order valence-corrected chi connectivity index (χ4v) is 2.74. The Bertz CT molecular complexity index is 765. The second kappa shape index (κ2) is 9.12. The number of hydrogen-bond donors (Lipinski definition) is 2. The van der Waals surface area contributed by atoms with Crippen molar-refractivity contribution in [2.75, 3.05) is 33.1 Å². The lowest BCUT2D eigenvalue weighted by Gasteiger charge is -2.27. The third-order valence-electron chi connectivity index (χ3n) is 3.91. The number of nitrogens with one attached hydrogen (secondary N) is 2. The number of nitro benzene ring substituents is 1. The van der Waals surface area contributed by atoms with Gasteiger partial charge in [-0.1, -0.05) is 18.2 Å². The van der Waals surface area contributed by atoms with E-state index in [2.05, 4.69) is 15.5 Å². The van der Waals surface area contributed by atoms with E-state index in [9.17, 15) is 10.1 Å². The normalized spacial score (nSPS) is 11.7. The monoisotopic (exact) mass is 374 g/mol. The number of non-ortho nitro benzene ring substituents is 1. The number of nitro groups is 1. The van der Waals surface area contributed by atoms with Crippen molar-refractivity contribution in [1.29, 1.82) is 0 Å². The van der Waals surface area contributed by atoms with Crippen LogP contribution in [0.5, 0.6) is 5.75 Å². The van der Waals surface area contributed by atoms with E-state index in [1.54, 1.807) is 19.2 Å². The molecule has 0 heterocycles. The van der Waals surface area contributed by atoms with Crippen LogP contribution in [0.4, 0.5) is 11.4 Å². The average Bonchev–Trinajstić information content (AvgIpc) is 2.62. The molecular weight excluding hydrogens is 352 g/mol. The summed E-state index contributed by atoms with van der Waals surface area (Å²) in [6.07, 6.45) is 0. The van der Waals surface area contributed by atoms with Crippen LogP contribution in [-0.4, -0.2) is 42.7 Å². The maximum atomic E-state index is 10.7. The van der Waals surface area contributed by atoms with Gasteiger partial charge in [0, 0.05) is 29.9 Å². The first-order chi connectivity index (χ1) is 12.4. The molecule has 8 heteroatoms. The van der Waals surface area contributed by atoms with E-state index in [1.165, 1.54) is 12.1 Å². The first-order valence-electron chi connectivity index (χ1n) is 8.01. The van der Waals surface area contributed by atoms with Gasteiger partial charge in [0.1, 0.15) is 5.75 Å². The highest BCUT2D eigenvalue weighted by Gasteiger charge is 2.18. The largest absolute Gasteiger partial charge is 0.496 e. The van der Waals surface area contributed by atoms with E-state index in [4.69, 9.17) is 17.0 Å². The summed E-state index contributed by atoms with van der Waals surface area (Å²) in [7, 11) is 5.64. The minimum Gasteiger partial charge on any atom is -0.496 e. The molecule has 0 amide bonds. The Balaban J connectivity index is 2.00. The van der Waals surface area contributed by atoms with Gasteiger partial charge in [-0.25, -0.2) is 0 Å². The lowest BCUT2D eigenvalue weighted by molar-refractivity contribution is -0.384. The fraction of sp³-hybridized carbons (Fsp3) is 0.278. The number of likely N-dealkylation sites (N-methyl/N-ethyl adjacent to an activating group) is 1. The van der Waals surface area contributed by atoms with Gasteiger partial charge in [0.25, 0.3) is 5.69 Å². The molecular formula is C18H22N4O3S. The van der Waals surface area contributed by atoms with Gasteiger partial charge in [-0.15, -0.1) is 0 Å². The van der Waals surface area contributed by atoms with Crippen LogP contribution in [0.15, 0.2) is 48.5 Å². The van der Waals surface area contributed by atoms with Gasteiger partial charge in [0.05, 0.1) is 18.1 Å². The first kappa shape index (κ1) is 19.6. The SMILES string of the molecule is COc1ccccc1[C@@H](CNC(=S)Nc1ccc([N+](=O)[O-])cc1)N(C)C. The van der Waals surface area contributed by atoms with E-state index >= 15 is 0 Å². The molecule has 0 saturated carbocycles. The highest BCUT2D eigenvalue weighted by atomic mass is 32.1. The second-order valence-corrected chi connectivity index (χ2v) is 6.27. The van der Waals surface area contributed by atoms with Crippen LogP contribution in [0.1, 0.15) is 11.6 Å². The molecule has 2 rings (SSSR count). The summed E-state index contributed by atoms with van der Waals surface area (Å²) in [6, 6.07) is 14.0. The van der Waals surface area contributed by atoms with Crippen molar-refractivity contribution in [3.05, 3.63) is 64.2 Å². The molecule has 7 nitrogen and oxygen atoms in total. The van der Waals surface area contributed by atoms with Crippen molar-refractivity contribution in [3.8, 4) is 5.75 Å². The molecule has 0 saturated heterocycles. The van der Waals surface area contributed by atoms with Gasteiger partial charge in [-0.2, -0.15) is 0 Å². The summed E-state index contributed by atoms with van der Waals surface area (Å²) in [6.45, 7) is 0.576. The Morgan fingerprint density at radius 3 is 2.46 bits per heavy atom. The summed E-state index contributed by atoms with van der Waals surface area (Å²) in [4.78, 5) is 12.3. The molecule has 2 aromatic carbocycles. The minimum atomic E-state index is -0.435. The third kappa shape index (κ3) is 5.14. The molecule has 0 spiro atoms. The molecule has 138 valence electrons. The molecule has 0 aromatic heterocycles. The molecule has 2 aromatic rings. The third-order valence-corrected chi connectivity index (χ3v) is 4.16. The van der Waals surface area contributed by atoms with E-state index in [1.807, 2.05) is 38.4 Å². The molecule has 0 aliphatic heterocycles. The second-order valence-electron chi connectivity index (χ2n) is 5.86. The van der Waals surface area contributed by atoms with E-state index in [0.717, 1.165) is 11.3 Å². The zero-order valence-corrected chi connectivity index (χ0v) is 15.7. The van der Waals surface area contributed by atoms with Crippen LogP contribution in [0, 0.1) is 10.1 Å². The minimum absolute atomic E-state index is 0.0401. The molecule has 0 radical (unpaired) electrons. The lowest BCUT2D eigenvalue weighted by Crippen LogP contribution is -2.36. The van der Waals surface area contributed by atoms with E-state index in [0.29, 0.717) is 17.3 Å². The number of methoxy groups -OCH3 is 1. The summed E-state index contributed by atoms with van der Waals surface area (Å²) in [5, 5.41) is 17.4. The molecule has 1 atom stereocenters. The number of hydrogen-bond acceptors (Lipinski definition) is 5. The maximum absolute atomic E-state index is 10.7. The highest BCUT2D eigenvalue weighted by molar-refractivity contribution is 7.80. The summed E-state index contributed by atoms with van der Waals surface area (Å²) in [5.74, 6) is 0.822. The number of nitrogens with zero attached hydrogens (tertiary/aromatic N) is 2. The van der Waals surface area contributed by atoms with Crippen molar-refractivity contribution in [2.45, 2.75) is 6.04 Å². The Labute approximate surface area is 158 Å². The Kier molecular flexibility index (Phi) is 6.88. The zero-order chi connectivity index (χ0) is 19.1. The Hall–Kier alpha value is -2.71. The zero-order valence-electron chi connectivity index (χ0n) is 14.9. The van der Waals surface area contributed by atoms with Crippen LogP contribution in [0.2, 0.25) is 0 Å². The highest BCUT2D eigenvalue weighted by Crippen LogP contribution is 2.27. The number of thiocarbonyl (C=S) groups is 1. The number of ether oxygens (including phenoxy) is 1. The first-order valence-corrected chi connectivity index (χ1v) is 8.42. The Morgan fingerprint density at radius 1 is 1.23 bits per heavy atom. The molecule has 0 aliphatic carbocycles. The predicted molar refractivity (Wildman–Crippen MR) is 107 cm³/mol. The molecule has 26 heavy (non-hydrogen) atoms. The quantitative estimate of drug-likeness (QED) is 0.438.